The van der Waals surface area contributed by atoms with Crippen LogP contribution in [0.5, 0.6) is 11.5 Å². The fourth-order valence-corrected chi connectivity index (χ4v) is 6.54. The number of alkyl halides is 2. The van der Waals surface area contributed by atoms with E-state index in [4.69, 9.17) is 14.2 Å². The Bertz CT molecular complexity index is 843. The van der Waals surface area contributed by atoms with E-state index in [0.717, 1.165) is 19.3 Å². The lowest BCUT2D eigenvalue weighted by atomic mass is 9.58. The lowest BCUT2D eigenvalue weighted by molar-refractivity contribution is -0.140. The second kappa shape index (κ2) is 7.91. The summed E-state index contributed by atoms with van der Waals surface area (Å²) in [5, 5.41) is 3.36. The molecule has 2 saturated carbocycles. The first kappa shape index (κ1) is 22.3. The molecule has 1 heterocycles. The number of ether oxygens (including phenoxy) is 3. The van der Waals surface area contributed by atoms with Gasteiger partial charge in [-0.1, -0.05) is 39.8 Å². The predicted molar refractivity (Wildman–Crippen MR) is 112 cm³/mol. The molecule has 3 aliphatic rings. The molecule has 1 aromatic carbocycles. The van der Waals surface area contributed by atoms with E-state index in [2.05, 4.69) is 19.2 Å². The third kappa shape index (κ3) is 3.49. The molecule has 1 aliphatic heterocycles. The Morgan fingerprint density at radius 2 is 2.03 bits per heavy atom. The maximum atomic E-state index is 13.2. The SMILES string of the molecule is COc1cccc([C@H]2OCC[C@@]34C[C@@H](C[C@H]23)C(C)(C)[C@@H]4NC(=O)C(C)C)c1OC(F)F. The Morgan fingerprint density at radius 1 is 1.29 bits per heavy atom. The fourth-order valence-electron chi connectivity index (χ4n) is 6.54. The summed E-state index contributed by atoms with van der Waals surface area (Å²) < 4.78 is 42.9. The zero-order valence-electron chi connectivity index (χ0n) is 18.9. The van der Waals surface area contributed by atoms with Crippen LogP contribution in [-0.4, -0.2) is 32.3 Å². The fraction of sp³-hybridized carbons (Fsp3) is 0.708. The number of hydrogen-bond acceptors (Lipinski definition) is 4. The van der Waals surface area contributed by atoms with Crippen molar-refractivity contribution >= 4 is 5.91 Å². The monoisotopic (exact) mass is 437 g/mol. The highest BCUT2D eigenvalue weighted by Crippen LogP contribution is 2.71. The minimum atomic E-state index is -2.95. The highest BCUT2D eigenvalue weighted by Gasteiger charge is 2.68. The number of nitrogens with one attached hydrogen (secondary N) is 1. The van der Waals surface area contributed by atoms with Crippen LogP contribution in [0.1, 0.15) is 58.6 Å². The molecule has 7 heteroatoms. The van der Waals surface area contributed by atoms with Crippen molar-refractivity contribution in [2.75, 3.05) is 13.7 Å². The molecule has 172 valence electrons. The number of carbonyl (C=O) groups is 1. The van der Waals surface area contributed by atoms with Gasteiger partial charge in [0.15, 0.2) is 11.5 Å². The van der Waals surface area contributed by atoms with Crippen molar-refractivity contribution in [2.45, 2.75) is 65.7 Å². The minimum Gasteiger partial charge on any atom is -0.493 e. The highest BCUT2D eigenvalue weighted by atomic mass is 19.3. The summed E-state index contributed by atoms with van der Waals surface area (Å²) in [7, 11) is 1.44. The molecule has 2 bridgehead atoms. The number of hydrogen-bond donors (Lipinski definition) is 1. The summed E-state index contributed by atoms with van der Waals surface area (Å²) in [4.78, 5) is 12.7. The zero-order valence-corrected chi connectivity index (χ0v) is 18.9. The molecule has 1 N–H and O–H groups in total. The number of fused-ring (bicyclic) bond motifs is 1. The summed E-state index contributed by atoms with van der Waals surface area (Å²) in [6, 6.07) is 5.22. The summed E-state index contributed by atoms with van der Waals surface area (Å²) in [6.45, 7) is 5.86. The quantitative estimate of drug-likeness (QED) is 0.684. The predicted octanol–water partition coefficient (Wildman–Crippen LogP) is 4.95. The van der Waals surface area contributed by atoms with Crippen molar-refractivity contribution in [3.8, 4) is 11.5 Å². The van der Waals surface area contributed by atoms with E-state index in [1.54, 1.807) is 18.2 Å². The molecule has 5 atom stereocenters. The number of halogens is 2. The molecule has 5 nitrogen and oxygen atoms in total. The van der Waals surface area contributed by atoms with Gasteiger partial charge in [0.1, 0.15) is 0 Å². The van der Waals surface area contributed by atoms with Gasteiger partial charge in [-0.05, 0) is 48.0 Å². The number of amides is 1. The van der Waals surface area contributed by atoms with Crippen LogP contribution < -0.4 is 14.8 Å². The molecule has 2 aliphatic carbocycles. The number of methoxy groups -OCH3 is 1. The van der Waals surface area contributed by atoms with Gasteiger partial charge in [-0.15, -0.1) is 0 Å². The van der Waals surface area contributed by atoms with E-state index in [-0.39, 0.29) is 52.2 Å². The topological polar surface area (TPSA) is 56.8 Å². The normalized spacial score (nSPS) is 33.5. The molecule has 0 unspecified atom stereocenters. The Kier molecular flexibility index (Phi) is 5.69. The van der Waals surface area contributed by atoms with E-state index in [9.17, 15) is 13.6 Å². The summed E-state index contributed by atoms with van der Waals surface area (Å²) in [5.41, 5.74) is 0.454. The van der Waals surface area contributed by atoms with E-state index < -0.39 is 6.61 Å². The second-order valence-corrected chi connectivity index (χ2v) is 10.2. The van der Waals surface area contributed by atoms with E-state index in [0.29, 0.717) is 18.1 Å². The molecule has 0 radical (unpaired) electrons. The summed E-state index contributed by atoms with van der Waals surface area (Å²) in [6.07, 6.45) is 2.43. The van der Waals surface area contributed by atoms with Gasteiger partial charge >= 0.3 is 6.61 Å². The van der Waals surface area contributed by atoms with Gasteiger partial charge in [-0.25, -0.2) is 0 Å². The smallest absolute Gasteiger partial charge is 0.387 e. The molecular formula is C24H33F2NO4. The molecular weight excluding hydrogens is 404 g/mol. The average Bonchev–Trinajstić information content (AvgIpc) is 3.20. The van der Waals surface area contributed by atoms with Crippen molar-refractivity contribution in [3.05, 3.63) is 23.8 Å². The van der Waals surface area contributed by atoms with Crippen LogP contribution in [0.4, 0.5) is 8.78 Å². The van der Waals surface area contributed by atoms with Crippen LogP contribution in [0, 0.1) is 28.6 Å². The summed E-state index contributed by atoms with van der Waals surface area (Å²) >= 11 is 0. The van der Waals surface area contributed by atoms with Gasteiger partial charge in [-0.2, -0.15) is 8.78 Å². The molecule has 1 spiro atoms. The molecule has 1 amide bonds. The van der Waals surface area contributed by atoms with Gasteiger partial charge < -0.3 is 19.5 Å². The van der Waals surface area contributed by atoms with E-state index in [1.165, 1.54) is 7.11 Å². The number of para-hydroxylation sites is 1. The van der Waals surface area contributed by atoms with Gasteiger partial charge in [0.05, 0.1) is 13.2 Å². The third-order valence-electron chi connectivity index (χ3n) is 8.06. The van der Waals surface area contributed by atoms with Crippen LogP contribution in [0.2, 0.25) is 0 Å². The first-order valence-corrected chi connectivity index (χ1v) is 11.2. The van der Waals surface area contributed by atoms with Gasteiger partial charge in [0.2, 0.25) is 5.91 Å². The largest absolute Gasteiger partial charge is 0.493 e. The van der Waals surface area contributed by atoms with Crippen LogP contribution in [0.25, 0.3) is 0 Å². The lowest BCUT2D eigenvalue weighted by Crippen LogP contribution is -2.59. The average molecular weight is 438 g/mol. The third-order valence-corrected chi connectivity index (χ3v) is 8.06. The Hall–Kier alpha value is -1.89. The van der Waals surface area contributed by atoms with Gasteiger partial charge in [-0.3, -0.25) is 4.79 Å². The Labute approximate surface area is 182 Å². The van der Waals surface area contributed by atoms with Gasteiger partial charge in [0, 0.05) is 24.1 Å². The van der Waals surface area contributed by atoms with Crippen LogP contribution in [0.3, 0.4) is 0 Å². The molecule has 4 rings (SSSR count). The van der Waals surface area contributed by atoms with Crippen molar-refractivity contribution in [1.82, 2.24) is 5.32 Å². The number of rotatable bonds is 6. The van der Waals surface area contributed by atoms with Crippen molar-refractivity contribution in [2.24, 2.45) is 28.6 Å². The highest BCUT2D eigenvalue weighted by molar-refractivity contribution is 5.78. The molecule has 31 heavy (non-hydrogen) atoms. The standard InChI is InChI=1S/C24H33F2NO4/c1-13(2)20(28)27-21-23(3,4)14-11-16-18(30-10-9-24(16,21)12-14)15-7-6-8-17(29-5)19(15)31-22(25)26/h6-8,13-14,16,18,21-22H,9-12H2,1-5H3,(H,27,28)/t14-,16-,18-,21+,24-/m1/s1. The minimum absolute atomic E-state index is 0.0233. The van der Waals surface area contributed by atoms with Crippen LogP contribution >= 0.6 is 0 Å². The lowest BCUT2D eigenvalue weighted by Gasteiger charge is -2.53. The number of benzene rings is 1. The maximum Gasteiger partial charge on any atom is 0.387 e. The maximum absolute atomic E-state index is 13.2. The second-order valence-electron chi connectivity index (χ2n) is 10.2. The van der Waals surface area contributed by atoms with Crippen LogP contribution in [0.15, 0.2) is 18.2 Å². The first-order valence-electron chi connectivity index (χ1n) is 11.2. The van der Waals surface area contributed by atoms with Gasteiger partial charge in [0.25, 0.3) is 0 Å². The van der Waals surface area contributed by atoms with E-state index in [1.807, 2.05) is 13.8 Å². The van der Waals surface area contributed by atoms with E-state index >= 15 is 0 Å². The van der Waals surface area contributed by atoms with Crippen molar-refractivity contribution in [3.63, 3.8) is 0 Å². The Balaban J connectivity index is 1.73. The van der Waals surface area contributed by atoms with Crippen LogP contribution in [-0.2, 0) is 9.53 Å². The first-order chi connectivity index (χ1) is 14.6. The zero-order chi connectivity index (χ0) is 22.6. The number of carbonyl (C=O) groups excluding carboxylic acids is 1. The Morgan fingerprint density at radius 3 is 2.68 bits per heavy atom. The molecule has 1 saturated heterocycles. The molecule has 3 fully saturated rings. The van der Waals surface area contributed by atoms with Crippen molar-refractivity contribution < 1.29 is 27.8 Å². The van der Waals surface area contributed by atoms with Crippen molar-refractivity contribution in [1.29, 1.82) is 0 Å². The molecule has 0 aromatic heterocycles. The molecule has 1 aromatic rings. The summed E-state index contributed by atoms with van der Waals surface area (Å²) in [5.74, 6) is 0.837.